The Kier molecular flexibility index (Phi) is 10.0. The molecule has 39 heavy (non-hydrogen) atoms. The van der Waals surface area contributed by atoms with Crippen molar-refractivity contribution in [3.63, 3.8) is 0 Å². The Bertz CT molecular complexity index is 1180. The van der Waals surface area contributed by atoms with Crippen molar-refractivity contribution in [3.05, 3.63) is 112 Å². The first kappa shape index (κ1) is 29.1. The summed E-state index contributed by atoms with van der Waals surface area (Å²) in [5.74, 6) is -0.110. The Morgan fingerprint density at radius 1 is 0.923 bits per heavy atom. The van der Waals surface area contributed by atoms with Gasteiger partial charge in [0.25, 0.3) is 5.69 Å². The van der Waals surface area contributed by atoms with Gasteiger partial charge in [-0.25, -0.2) is 4.79 Å². The minimum atomic E-state index is -1.14. The fraction of sp³-hybridized carbons (Fsp3) is 0.345. The molecule has 1 saturated heterocycles. The van der Waals surface area contributed by atoms with E-state index in [2.05, 4.69) is 24.3 Å². The normalized spacial score (nSPS) is 19.1. The van der Waals surface area contributed by atoms with E-state index in [1.54, 1.807) is 37.4 Å². The Morgan fingerprint density at radius 2 is 1.44 bits per heavy atom. The lowest BCUT2D eigenvalue weighted by atomic mass is 10.1. The first-order valence-corrected chi connectivity index (χ1v) is 14.6. The average Bonchev–Trinajstić information content (AvgIpc) is 3.27. The number of hydrogen-bond acceptors (Lipinski definition) is 9. The third-order valence-corrected chi connectivity index (χ3v) is 9.03. The van der Waals surface area contributed by atoms with E-state index in [1.165, 1.54) is 35.4 Å². The number of carbonyl (C=O) groups excluding carboxylic acids is 1. The topological polar surface area (TPSA) is 108 Å². The van der Waals surface area contributed by atoms with Crippen LogP contribution in [-0.2, 0) is 25.7 Å². The molecule has 3 aromatic rings. The van der Waals surface area contributed by atoms with Crippen molar-refractivity contribution < 1.29 is 29.0 Å². The van der Waals surface area contributed by atoms with Crippen LogP contribution >= 0.6 is 23.5 Å². The molecule has 3 atom stereocenters. The Hall–Kier alpha value is -2.89. The van der Waals surface area contributed by atoms with Crippen molar-refractivity contribution in [1.29, 1.82) is 0 Å². The SMILES string of the molecule is CC1(C)O[C@@H]([C@H](O)COC(=O)c2ccc([N+](=O)[O-])cc2)[C@@H](C(SCc2ccccc2)SCc2ccccc2)O1. The molecular formula is C29H31NO7S2. The summed E-state index contributed by atoms with van der Waals surface area (Å²) < 4.78 is 17.7. The zero-order valence-corrected chi connectivity index (χ0v) is 23.3. The third-order valence-electron chi connectivity index (χ3n) is 6.02. The van der Waals surface area contributed by atoms with E-state index in [9.17, 15) is 20.0 Å². The summed E-state index contributed by atoms with van der Waals surface area (Å²) in [6.07, 6.45) is -2.35. The van der Waals surface area contributed by atoms with E-state index < -0.39 is 35.0 Å². The zero-order chi connectivity index (χ0) is 27.8. The largest absolute Gasteiger partial charge is 0.459 e. The van der Waals surface area contributed by atoms with Gasteiger partial charge < -0.3 is 19.3 Å². The molecule has 4 rings (SSSR count). The summed E-state index contributed by atoms with van der Waals surface area (Å²) in [5, 5.41) is 22.0. The van der Waals surface area contributed by atoms with E-state index in [0.717, 1.165) is 11.5 Å². The first-order chi connectivity index (χ1) is 18.7. The Balaban J connectivity index is 1.45. The predicted molar refractivity (Wildman–Crippen MR) is 152 cm³/mol. The van der Waals surface area contributed by atoms with Crippen LogP contribution in [0.3, 0.4) is 0 Å². The van der Waals surface area contributed by atoms with E-state index in [1.807, 2.05) is 36.4 Å². The van der Waals surface area contributed by atoms with Gasteiger partial charge in [-0.05, 0) is 37.1 Å². The van der Waals surface area contributed by atoms with Gasteiger partial charge in [-0.15, -0.1) is 23.5 Å². The molecule has 10 heteroatoms. The van der Waals surface area contributed by atoms with Crippen LogP contribution in [0.2, 0.25) is 0 Å². The number of nitrogens with zero attached hydrogens (tertiary/aromatic N) is 1. The van der Waals surface area contributed by atoms with Crippen molar-refractivity contribution >= 4 is 35.2 Å². The van der Waals surface area contributed by atoms with Crippen LogP contribution < -0.4 is 0 Å². The number of ether oxygens (including phenoxy) is 3. The van der Waals surface area contributed by atoms with Gasteiger partial charge in [0, 0.05) is 23.6 Å². The Morgan fingerprint density at radius 3 is 1.95 bits per heavy atom. The molecule has 0 amide bonds. The number of carbonyl (C=O) groups is 1. The zero-order valence-electron chi connectivity index (χ0n) is 21.7. The molecule has 1 N–H and O–H groups in total. The summed E-state index contributed by atoms with van der Waals surface area (Å²) >= 11 is 3.44. The lowest BCUT2D eigenvalue weighted by Crippen LogP contribution is -2.42. The van der Waals surface area contributed by atoms with Crippen LogP contribution in [-0.4, -0.2) is 51.3 Å². The second kappa shape index (κ2) is 13.5. The molecule has 0 saturated carbocycles. The number of non-ortho nitro benzene ring substituents is 1. The van der Waals surface area contributed by atoms with Gasteiger partial charge in [-0.1, -0.05) is 60.7 Å². The highest BCUT2D eigenvalue weighted by molar-refractivity contribution is 8.16. The van der Waals surface area contributed by atoms with E-state index in [4.69, 9.17) is 14.2 Å². The monoisotopic (exact) mass is 569 g/mol. The van der Waals surface area contributed by atoms with Crippen molar-refractivity contribution in [2.75, 3.05) is 6.61 Å². The Labute approximate surface area is 236 Å². The van der Waals surface area contributed by atoms with Crippen LogP contribution in [0.15, 0.2) is 84.9 Å². The molecule has 206 valence electrons. The van der Waals surface area contributed by atoms with E-state index in [-0.39, 0.29) is 22.4 Å². The molecule has 0 spiro atoms. The average molecular weight is 570 g/mol. The molecule has 1 aliphatic heterocycles. The highest BCUT2D eigenvalue weighted by Crippen LogP contribution is 2.42. The highest BCUT2D eigenvalue weighted by atomic mass is 32.2. The molecule has 1 aliphatic rings. The highest BCUT2D eigenvalue weighted by Gasteiger charge is 2.48. The maximum Gasteiger partial charge on any atom is 0.338 e. The number of thioether (sulfide) groups is 2. The summed E-state index contributed by atoms with van der Waals surface area (Å²) in [6.45, 7) is 3.29. The fourth-order valence-electron chi connectivity index (χ4n) is 4.13. The number of benzene rings is 3. The number of aliphatic hydroxyl groups is 1. The minimum absolute atomic E-state index is 0.0859. The lowest BCUT2D eigenvalue weighted by molar-refractivity contribution is -0.384. The van der Waals surface area contributed by atoms with Gasteiger partial charge in [-0.3, -0.25) is 10.1 Å². The number of nitro groups is 1. The van der Waals surface area contributed by atoms with Gasteiger partial charge in [0.05, 0.1) is 15.1 Å². The molecule has 0 bridgehead atoms. The predicted octanol–water partition coefficient (Wildman–Crippen LogP) is 5.83. The van der Waals surface area contributed by atoms with Gasteiger partial charge in [0.15, 0.2) is 5.79 Å². The van der Waals surface area contributed by atoms with Crippen LogP contribution in [0.5, 0.6) is 0 Å². The van der Waals surface area contributed by atoms with Gasteiger partial charge in [0.2, 0.25) is 0 Å². The molecule has 1 fully saturated rings. The van der Waals surface area contributed by atoms with Crippen LogP contribution in [0.1, 0.15) is 35.3 Å². The quantitative estimate of drug-likeness (QED) is 0.125. The summed E-state index contributed by atoms with van der Waals surface area (Å²) in [7, 11) is 0. The first-order valence-electron chi connectivity index (χ1n) is 12.5. The van der Waals surface area contributed by atoms with Gasteiger partial charge in [-0.2, -0.15) is 0 Å². The lowest BCUT2D eigenvalue weighted by Gasteiger charge is -2.28. The molecule has 0 aliphatic carbocycles. The van der Waals surface area contributed by atoms with Crippen molar-refractivity contribution in [3.8, 4) is 0 Å². The molecular weight excluding hydrogens is 538 g/mol. The standard InChI is InChI=1S/C29H31NO7S2/c1-29(2)36-25(24(31)17-35-27(32)22-13-15-23(16-14-22)30(33)34)26(37-29)28(38-18-20-9-5-3-6-10-20)39-19-21-11-7-4-8-12-21/h3-16,24-26,28,31H,17-19H2,1-2H3/t24-,25+,26+/m1/s1. The summed E-state index contributed by atoms with van der Waals surface area (Å²) in [4.78, 5) is 22.8. The van der Waals surface area contributed by atoms with Crippen molar-refractivity contribution in [2.24, 2.45) is 0 Å². The number of aliphatic hydroxyl groups excluding tert-OH is 1. The van der Waals surface area contributed by atoms with Crippen molar-refractivity contribution in [2.45, 2.75) is 54.0 Å². The molecule has 0 aromatic heterocycles. The van der Waals surface area contributed by atoms with Crippen molar-refractivity contribution in [1.82, 2.24) is 0 Å². The minimum Gasteiger partial charge on any atom is -0.459 e. The molecule has 8 nitrogen and oxygen atoms in total. The van der Waals surface area contributed by atoms with E-state index >= 15 is 0 Å². The number of rotatable bonds is 12. The van der Waals surface area contributed by atoms with Gasteiger partial charge >= 0.3 is 5.97 Å². The number of hydrogen-bond donors (Lipinski definition) is 1. The smallest absolute Gasteiger partial charge is 0.338 e. The maximum atomic E-state index is 12.5. The van der Waals surface area contributed by atoms with Gasteiger partial charge in [0.1, 0.15) is 24.9 Å². The molecule has 1 heterocycles. The van der Waals surface area contributed by atoms with Crippen LogP contribution in [0.4, 0.5) is 5.69 Å². The third kappa shape index (κ3) is 8.30. The molecule has 3 aromatic carbocycles. The summed E-state index contributed by atoms with van der Waals surface area (Å²) in [6, 6.07) is 25.4. The van der Waals surface area contributed by atoms with Crippen LogP contribution in [0.25, 0.3) is 0 Å². The van der Waals surface area contributed by atoms with E-state index in [0.29, 0.717) is 0 Å². The number of esters is 1. The molecule has 0 unspecified atom stereocenters. The second-order valence-electron chi connectivity index (χ2n) is 9.50. The molecule has 0 radical (unpaired) electrons. The number of nitro benzene ring substituents is 1. The second-order valence-corrected chi connectivity index (χ2v) is 12.1. The van der Waals surface area contributed by atoms with Crippen LogP contribution in [0, 0.1) is 10.1 Å². The summed E-state index contributed by atoms with van der Waals surface area (Å²) in [5.41, 5.74) is 2.39. The maximum absolute atomic E-state index is 12.5. The fourth-order valence-corrected chi connectivity index (χ4v) is 6.82.